The molecule has 4 aliphatic rings. The number of pyridine rings is 1. The summed E-state index contributed by atoms with van der Waals surface area (Å²) in [6.45, 7) is 0. The van der Waals surface area contributed by atoms with Crippen molar-refractivity contribution < 1.29 is 18.9 Å². The molecule has 0 radical (unpaired) electrons. The molecule has 0 atom stereocenters. The molecule has 10 aromatic rings. The number of nitrogens with zero attached hydrogens (tertiary/aromatic N) is 6. The van der Waals surface area contributed by atoms with Gasteiger partial charge < -0.3 is 28.7 Å². The monoisotopic (exact) mass is 904 g/mol. The molecule has 0 unspecified atom stereocenters. The minimum atomic E-state index is 0.375. The van der Waals surface area contributed by atoms with Gasteiger partial charge in [0.2, 0.25) is 0 Å². The number of benzene rings is 9. The summed E-state index contributed by atoms with van der Waals surface area (Å²) in [6.07, 6.45) is 3.61. The Bertz CT molecular complexity index is 3630. The van der Waals surface area contributed by atoms with Gasteiger partial charge in [0.05, 0.1) is 68.2 Å². The van der Waals surface area contributed by atoms with Gasteiger partial charge in [0, 0.05) is 18.0 Å². The van der Waals surface area contributed by atoms with Gasteiger partial charge >= 0.3 is 0 Å². The second-order valence-corrected chi connectivity index (χ2v) is 17.0. The lowest BCUT2D eigenvalue weighted by molar-refractivity contribution is 0.475. The van der Waals surface area contributed by atoms with Crippen molar-refractivity contribution in [3.63, 3.8) is 0 Å². The van der Waals surface area contributed by atoms with Crippen LogP contribution in [0.1, 0.15) is 5.56 Å². The largest absolute Gasteiger partial charge is 0.453 e. The number of ether oxygens (including phenoxy) is 4. The first-order valence-corrected chi connectivity index (χ1v) is 22.9. The molecule has 10 heteroatoms. The van der Waals surface area contributed by atoms with Crippen molar-refractivity contribution in [2.45, 2.75) is 0 Å². The minimum absolute atomic E-state index is 0.375. The summed E-state index contributed by atoms with van der Waals surface area (Å²) in [5.74, 6) is 5.14. The third kappa shape index (κ3) is 5.82. The maximum Gasteiger partial charge on any atom is 0.151 e. The zero-order chi connectivity index (χ0) is 46.3. The lowest BCUT2D eigenvalue weighted by atomic mass is 9.89. The molecule has 5 heterocycles. The summed E-state index contributed by atoms with van der Waals surface area (Å²) in [4.78, 5) is 13.5. The van der Waals surface area contributed by atoms with Crippen LogP contribution < -0.4 is 38.5 Å². The highest BCUT2D eigenvalue weighted by atomic mass is 16.5. The first-order valence-electron chi connectivity index (χ1n) is 22.9. The number of fused-ring (bicyclic) bond motifs is 8. The van der Waals surface area contributed by atoms with Crippen LogP contribution in [0.4, 0.5) is 68.2 Å². The summed E-state index contributed by atoms with van der Waals surface area (Å²) in [7, 11) is 0. The number of nitriles is 1. The van der Waals surface area contributed by atoms with Crippen LogP contribution in [0.25, 0.3) is 11.1 Å². The quantitative estimate of drug-likeness (QED) is 0.166. The average Bonchev–Trinajstić information content (AvgIpc) is 3.42. The SMILES string of the molecule is N#Cc1c(N2c3ccccc3Oc3ccccc32)c(-c2ccncc2)c(N2c3ccccc3Oc3ccccc32)c(N2c3ccccc3Oc3ccccc32)c1N1c2ccccc2Oc2ccccc21. The molecular formula is C60H36N6O4. The number of anilines is 12. The van der Waals surface area contributed by atoms with Crippen molar-refractivity contribution in [2.24, 2.45) is 0 Å². The molecule has 1 aromatic heterocycles. The molecule has 0 fully saturated rings. The maximum absolute atomic E-state index is 12.6. The van der Waals surface area contributed by atoms with E-state index in [-0.39, 0.29) is 0 Å². The third-order valence-corrected chi connectivity index (χ3v) is 13.1. The number of hydrogen-bond acceptors (Lipinski definition) is 10. The van der Waals surface area contributed by atoms with E-state index < -0.39 is 0 Å². The molecule has 0 saturated carbocycles. The second-order valence-electron chi connectivity index (χ2n) is 17.0. The molecule has 0 N–H and O–H groups in total. The Labute approximate surface area is 402 Å². The predicted molar refractivity (Wildman–Crippen MR) is 273 cm³/mol. The minimum Gasteiger partial charge on any atom is -0.453 e. The van der Waals surface area contributed by atoms with Gasteiger partial charge in [-0.2, -0.15) is 5.26 Å². The van der Waals surface area contributed by atoms with Gasteiger partial charge in [0.1, 0.15) is 11.6 Å². The molecule has 10 nitrogen and oxygen atoms in total. The molecule has 330 valence electrons. The van der Waals surface area contributed by atoms with Crippen molar-refractivity contribution >= 4 is 68.2 Å². The number of hydrogen-bond donors (Lipinski definition) is 0. The van der Waals surface area contributed by atoms with E-state index >= 15 is 0 Å². The van der Waals surface area contributed by atoms with Crippen molar-refractivity contribution in [3.05, 3.63) is 224 Å². The van der Waals surface area contributed by atoms with Crippen LogP contribution in [0.5, 0.6) is 46.0 Å². The highest BCUT2D eigenvalue weighted by Crippen LogP contribution is 2.68. The lowest BCUT2D eigenvalue weighted by Gasteiger charge is -2.45. The zero-order valence-corrected chi connectivity index (χ0v) is 37.1. The summed E-state index contributed by atoms with van der Waals surface area (Å²) in [6, 6.07) is 71.2. The van der Waals surface area contributed by atoms with Crippen molar-refractivity contribution in [1.82, 2.24) is 4.98 Å². The Morgan fingerprint density at radius 3 is 0.857 bits per heavy atom. The van der Waals surface area contributed by atoms with E-state index in [0.717, 1.165) is 62.3 Å². The molecule has 0 amide bonds. The van der Waals surface area contributed by atoms with Gasteiger partial charge in [-0.05, 0) is 115 Å². The van der Waals surface area contributed by atoms with Gasteiger partial charge in [-0.15, -0.1) is 0 Å². The summed E-state index contributed by atoms with van der Waals surface area (Å²) < 4.78 is 27.1. The second kappa shape index (κ2) is 15.6. The molecule has 0 aliphatic carbocycles. The van der Waals surface area contributed by atoms with Crippen LogP contribution in [-0.4, -0.2) is 4.98 Å². The van der Waals surface area contributed by atoms with Gasteiger partial charge in [-0.3, -0.25) is 14.8 Å². The van der Waals surface area contributed by atoms with E-state index in [1.165, 1.54) is 0 Å². The molecule has 0 saturated heterocycles. The van der Waals surface area contributed by atoms with E-state index in [1.54, 1.807) is 12.4 Å². The summed E-state index contributed by atoms with van der Waals surface area (Å²) >= 11 is 0. The maximum atomic E-state index is 12.6. The fourth-order valence-electron chi connectivity index (χ4n) is 10.2. The first kappa shape index (κ1) is 39.2. The third-order valence-electron chi connectivity index (χ3n) is 13.1. The smallest absolute Gasteiger partial charge is 0.151 e. The molecular weight excluding hydrogens is 869 g/mol. The number of aromatic nitrogens is 1. The van der Waals surface area contributed by atoms with E-state index in [9.17, 15) is 5.26 Å². The fourth-order valence-corrected chi connectivity index (χ4v) is 10.2. The molecule has 70 heavy (non-hydrogen) atoms. The van der Waals surface area contributed by atoms with Gasteiger partial charge in [0.15, 0.2) is 46.0 Å². The molecule has 14 rings (SSSR count). The standard InChI is InChI=1S/C60H36N6O4/c61-37-39-57(63-40-17-1-9-25-48(40)67-49-26-10-2-18-41(49)63)56(38-33-35-62-36-34-38)59(65-44-21-5-13-29-52(44)69-53-30-14-6-22-45(53)65)60(66-46-23-7-15-31-54(46)70-55-32-16-8-24-47(55)66)58(39)64-42-19-3-11-27-50(42)68-51-28-12-4-20-43(51)64/h1-36H. The normalized spacial score (nSPS) is 13.2. The highest BCUT2D eigenvalue weighted by molar-refractivity contribution is 6.17. The summed E-state index contributed by atoms with van der Waals surface area (Å²) in [5.41, 5.74) is 10.7. The van der Waals surface area contributed by atoms with Crippen LogP contribution in [0, 0.1) is 11.3 Å². The Morgan fingerprint density at radius 1 is 0.300 bits per heavy atom. The highest BCUT2D eigenvalue weighted by Gasteiger charge is 2.44. The van der Waals surface area contributed by atoms with E-state index in [1.807, 2.05) is 182 Å². The van der Waals surface area contributed by atoms with Crippen LogP contribution in [-0.2, 0) is 0 Å². The zero-order valence-electron chi connectivity index (χ0n) is 37.1. The molecule has 0 bridgehead atoms. The van der Waals surface area contributed by atoms with Crippen molar-refractivity contribution in [2.75, 3.05) is 19.6 Å². The van der Waals surface area contributed by atoms with Crippen LogP contribution in [0.3, 0.4) is 0 Å². The first-order chi connectivity index (χ1) is 34.7. The number of rotatable bonds is 5. The van der Waals surface area contributed by atoms with E-state index in [4.69, 9.17) is 18.9 Å². The Morgan fingerprint density at radius 2 is 0.557 bits per heavy atom. The van der Waals surface area contributed by atoms with Crippen LogP contribution >= 0.6 is 0 Å². The fraction of sp³-hybridized carbons (Fsp3) is 0. The van der Waals surface area contributed by atoms with Gasteiger partial charge in [0.25, 0.3) is 0 Å². The molecule has 9 aromatic carbocycles. The molecule has 4 aliphatic heterocycles. The average molecular weight is 905 g/mol. The van der Waals surface area contributed by atoms with Gasteiger partial charge in [-0.25, -0.2) is 0 Å². The van der Waals surface area contributed by atoms with Crippen LogP contribution in [0.2, 0.25) is 0 Å². The predicted octanol–water partition coefficient (Wildman–Crippen LogP) is 16.9. The topological polar surface area (TPSA) is 86.6 Å². The molecule has 0 spiro atoms. The Kier molecular flexibility index (Phi) is 8.71. The Balaban J connectivity index is 1.28. The lowest BCUT2D eigenvalue weighted by Crippen LogP contribution is -2.28. The van der Waals surface area contributed by atoms with Crippen molar-refractivity contribution in [3.8, 4) is 63.2 Å². The van der Waals surface area contributed by atoms with E-state index in [2.05, 4.69) is 54.9 Å². The van der Waals surface area contributed by atoms with Gasteiger partial charge in [-0.1, -0.05) is 97.1 Å². The van der Waals surface area contributed by atoms with Crippen molar-refractivity contribution in [1.29, 1.82) is 5.26 Å². The van der Waals surface area contributed by atoms with E-state index in [0.29, 0.717) is 68.6 Å². The van der Waals surface area contributed by atoms with Crippen LogP contribution in [0.15, 0.2) is 219 Å². The number of para-hydroxylation sites is 16. The summed E-state index contributed by atoms with van der Waals surface area (Å²) in [5, 5.41) is 12.6. The Hall–Kier alpha value is -9.98.